The maximum Gasteiger partial charge on any atom is 0.351 e. The van der Waals surface area contributed by atoms with E-state index in [0.29, 0.717) is 0 Å². The number of rotatable bonds is 2. The Morgan fingerprint density at radius 1 is 1.76 bits per heavy atom. The van der Waals surface area contributed by atoms with Crippen LogP contribution in [-0.4, -0.2) is 33.5 Å². The molecule has 1 saturated heterocycles. The maximum absolute atomic E-state index is 13.4. The first-order valence-corrected chi connectivity index (χ1v) is 5.35. The van der Waals surface area contributed by atoms with Gasteiger partial charge in [-0.25, -0.2) is 9.18 Å². The van der Waals surface area contributed by atoms with Gasteiger partial charge < -0.3 is 15.6 Å². The molecule has 1 aromatic rings. The van der Waals surface area contributed by atoms with Crippen LogP contribution in [0, 0.1) is 0 Å². The lowest BCUT2D eigenvalue weighted by molar-refractivity contribution is -0.0355. The van der Waals surface area contributed by atoms with E-state index in [9.17, 15) is 9.18 Å². The predicted molar refractivity (Wildman–Crippen MR) is 58.4 cm³/mol. The van der Waals surface area contributed by atoms with Gasteiger partial charge in [0.2, 0.25) is 0 Å². The first-order chi connectivity index (χ1) is 8.02. The molecule has 3 atom stereocenters. The Kier molecular flexibility index (Phi) is 3.32. The monoisotopic (exact) mass is 263 g/mol. The lowest BCUT2D eigenvalue weighted by atomic mass is 10.2. The molecule has 1 aromatic heterocycles. The average Bonchev–Trinajstić information content (AvgIpc) is 2.65. The molecule has 0 aliphatic carbocycles. The van der Waals surface area contributed by atoms with Crippen molar-refractivity contribution in [1.82, 2.24) is 9.55 Å². The summed E-state index contributed by atoms with van der Waals surface area (Å²) in [4.78, 5) is 15.0. The smallest absolute Gasteiger partial charge is 0.351 e. The van der Waals surface area contributed by atoms with Crippen molar-refractivity contribution >= 4 is 17.4 Å². The van der Waals surface area contributed by atoms with Crippen molar-refractivity contribution in [2.75, 3.05) is 12.3 Å². The molecule has 1 aliphatic heterocycles. The van der Waals surface area contributed by atoms with Crippen molar-refractivity contribution in [2.45, 2.75) is 24.9 Å². The van der Waals surface area contributed by atoms with Gasteiger partial charge in [0, 0.05) is 12.6 Å². The van der Waals surface area contributed by atoms with Crippen molar-refractivity contribution in [3.05, 3.63) is 21.7 Å². The van der Waals surface area contributed by atoms with Crippen molar-refractivity contribution in [3.8, 4) is 0 Å². The van der Waals surface area contributed by atoms with Gasteiger partial charge in [0.15, 0.2) is 0 Å². The number of ether oxygens (including phenoxy) is 1. The second kappa shape index (κ2) is 4.59. The molecule has 1 aliphatic rings. The van der Waals surface area contributed by atoms with Gasteiger partial charge in [-0.3, -0.25) is 4.57 Å². The highest BCUT2D eigenvalue weighted by Gasteiger charge is 2.36. The van der Waals surface area contributed by atoms with E-state index >= 15 is 0 Å². The molecule has 0 radical (unpaired) electrons. The number of hydrogen-bond acceptors (Lipinski definition) is 5. The van der Waals surface area contributed by atoms with Gasteiger partial charge in [0.25, 0.3) is 0 Å². The molecule has 94 valence electrons. The van der Waals surface area contributed by atoms with Crippen LogP contribution in [0.25, 0.3) is 0 Å². The normalized spacial score (nSPS) is 28.5. The van der Waals surface area contributed by atoms with Crippen LogP contribution in [0.5, 0.6) is 0 Å². The van der Waals surface area contributed by atoms with E-state index in [-0.39, 0.29) is 17.3 Å². The van der Waals surface area contributed by atoms with Gasteiger partial charge >= 0.3 is 5.69 Å². The van der Waals surface area contributed by atoms with Gasteiger partial charge in [0.05, 0.1) is 11.6 Å². The number of nitrogen functional groups attached to an aromatic ring is 1. The van der Waals surface area contributed by atoms with Crippen molar-refractivity contribution in [1.29, 1.82) is 0 Å². The van der Waals surface area contributed by atoms with E-state index < -0.39 is 30.8 Å². The summed E-state index contributed by atoms with van der Waals surface area (Å²) in [6, 6.07) is 0. The Morgan fingerprint density at radius 2 is 2.47 bits per heavy atom. The van der Waals surface area contributed by atoms with E-state index in [2.05, 4.69) is 4.98 Å². The summed E-state index contributed by atoms with van der Waals surface area (Å²) in [7, 11) is 0. The minimum atomic E-state index is -1.33. The van der Waals surface area contributed by atoms with E-state index in [1.807, 2.05) is 0 Å². The van der Waals surface area contributed by atoms with Crippen LogP contribution >= 0.6 is 11.6 Å². The SMILES string of the molecule is Nc1nc(=O)n([C@@H]2C[C@@H](F)[C@H](CO)O2)cc1Cl. The number of nitrogens with zero attached hydrogens (tertiary/aromatic N) is 2. The molecular formula is C9H11ClFN3O3. The third kappa shape index (κ3) is 2.26. The Hall–Kier alpha value is -1.18. The fourth-order valence-corrected chi connectivity index (χ4v) is 1.83. The first kappa shape index (κ1) is 12.3. The summed E-state index contributed by atoms with van der Waals surface area (Å²) in [6.45, 7) is -0.442. The molecule has 0 spiro atoms. The number of aliphatic hydroxyl groups is 1. The maximum atomic E-state index is 13.4. The molecule has 0 bridgehead atoms. The van der Waals surface area contributed by atoms with Gasteiger partial charge in [-0.05, 0) is 0 Å². The van der Waals surface area contributed by atoms with Gasteiger partial charge in [-0.2, -0.15) is 4.98 Å². The highest BCUT2D eigenvalue weighted by atomic mass is 35.5. The summed E-state index contributed by atoms with van der Waals surface area (Å²) in [6.07, 6.45) is -1.85. The number of hydrogen-bond donors (Lipinski definition) is 2. The van der Waals surface area contributed by atoms with Crippen LogP contribution in [0.1, 0.15) is 12.6 Å². The van der Waals surface area contributed by atoms with Gasteiger partial charge in [0.1, 0.15) is 24.3 Å². The quantitative estimate of drug-likeness (QED) is 0.790. The van der Waals surface area contributed by atoms with Crippen LogP contribution in [-0.2, 0) is 4.74 Å². The van der Waals surface area contributed by atoms with Crippen molar-refractivity contribution in [3.63, 3.8) is 0 Å². The third-order valence-corrected chi connectivity index (χ3v) is 2.88. The van der Waals surface area contributed by atoms with Crippen LogP contribution in [0.4, 0.5) is 10.2 Å². The predicted octanol–water partition coefficient (Wildman–Crippen LogP) is 0.0968. The second-order valence-corrected chi connectivity index (χ2v) is 4.13. The minimum Gasteiger partial charge on any atom is -0.394 e. The molecule has 17 heavy (non-hydrogen) atoms. The van der Waals surface area contributed by atoms with Crippen LogP contribution in [0.2, 0.25) is 5.02 Å². The summed E-state index contributed by atoms with van der Waals surface area (Å²) < 4.78 is 19.6. The number of aliphatic hydroxyl groups excluding tert-OH is 1. The zero-order chi connectivity index (χ0) is 12.6. The average molecular weight is 264 g/mol. The number of halogens is 2. The number of aromatic nitrogens is 2. The molecule has 0 aromatic carbocycles. The Bertz CT molecular complexity index is 481. The fraction of sp³-hybridized carbons (Fsp3) is 0.556. The Balaban J connectivity index is 2.30. The van der Waals surface area contributed by atoms with E-state index in [1.54, 1.807) is 0 Å². The summed E-state index contributed by atoms with van der Waals surface area (Å²) >= 11 is 5.72. The first-order valence-electron chi connectivity index (χ1n) is 4.97. The highest BCUT2D eigenvalue weighted by Crippen LogP contribution is 2.30. The molecule has 0 unspecified atom stereocenters. The second-order valence-electron chi connectivity index (χ2n) is 3.73. The summed E-state index contributed by atoms with van der Waals surface area (Å²) in [5, 5.41) is 8.95. The number of nitrogens with two attached hydrogens (primary N) is 1. The largest absolute Gasteiger partial charge is 0.394 e. The zero-order valence-corrected chi connectivity index (χ0v) is 9.47. The van der Waals surface area contributed by atoms with E-state index in [0.717, 1.165) is 4.57 Å². The van der Waals surface area contributed by atoms with Crippen molar-refractivity contribution in [2.24, 2.45) is 0 Å². The van der Waals surface area contributed by atoms with Crippen LogP contribution < -0.4 is 11.4 Å². The van der Waals surface area contributed by atoms with Crippen molar-refractivity contribution < 1.29 is 14.2 Å². The molecule has 0 saturated carbocycles. The standard InChI is InChI=1S/C9H11ClFN3O3/c10-4-2-14(9(16)13-8(4)12)7-1-5(11)6(3-15)17-7/h2,5-7,15H,1,3H2,(H2,12,13,16)/t5-,6+,7+/m1/s1. The zero-order valence-electron chi connectivity index (χ0n) is 8.72. The fourth-order valence-electron chi connectivity index (χ4n) is 1.69. The van der Waals surface area contributed by atoms with E-state index in [1.165, 1.54) is 6.20 Å². The van der Waals surface area contributed by atoms with Crippen LogP contribution in [0.3, 0.4) is 0 Å². The molecule has 0 amide bonds. The highest BCUT2D eigenvalue weighted by molar-refractivity contribution is 6.32. The number of anilines is 1. The minimum absolute atomic E-state index is 0.0347. The molecule has 6 nitrogen and oxygen atoms in total. The van der Waals surface area contributed by atoms with Gasteiger partial charge in [-0.15, -0.1) is 0 Å². The molecular weight excluding hydrogens is 253 g/mol. The van der Waals surface area contributed by atoms with Gasteiger partial charge in [-0.1, -0.05) is 11.6 Å². The molecule has 1 fully saturated rings. The Labute approximate surface area is 101 Å². The van der Waals surface area contributed by atoms with E-state index in [4.69, 9.17) is 27.2 Å². The molecule has 8 heteroatoms. The lowest BCUT2D eigenvalue weighted by Gasteiger charge is -2.14. The Morgan fingerprint density at radius 3 is 3.06 bits per heavy atom. The third-order valence-electron chi connectivity index (χ3n) is 2.59. The molecule has 2 rings (SSSR count). The number of alkyl halides is 1. The summed E-state index contributed by atoms with van der Waals surface area (Å²) in [5.41, 5.74) is 4.69. The summed E-state index contributed by atoms with van der Waals surface area (Å²) in [5.74, 6) is -0.0820. The molecule has 2 heterocycles. The molecule has 3 N–H and O–H groups in total. The van der Waals surface area contributed by atoms with Crippen LogP contribution in [0.15, 0.2) is 11.0 Å². The topological polar surface area (TPSA) is 90.4 Å². The lowest BCUT2D eigenvalue weighted by Crippen LogP contribution is -2.28.